The first-order chi connectivity index (χ1) is 7.84. The van der Waals surface area contributed by atoms with Crippen molar-refractivity contribution in [3.8, 4) is 11.5 Å². The average Bonchev–Trinajstić information content (AvgIpc) is 2.86. The van der Waals surface area contributed by atoms with Gasteiger partial charge in [-0.25, -0.2) is 0 Å². The molecule has 3 rings (SSSR count). The summed E-state index contributed by atoms with van der Waals surface area (Å²) in [5.74, 6) is 2.27. The van der Waals surface area contributed by atoms with Crippen molar-refractivity contribution in [3.05, 3.63) is 18.2 Å². The van der Waals surface area contributed by atoms with E-state index in [9.17, 15) is 0 Å². The molecule has 1 aliphatic rings. The Morgan fingerprint density at radius 2 is 2.25 bits per heavy atom. The van der Waals surface area contributed by atoms with E-state index in [2.05, 4.69) is 22.2 Å². The van der Waals surface area contributed by atoms with Crippen LogP contribution in [0.25, 0.3) is 11.5 Å². The minimum Gasteiger partial charge on any atom is -0.364 e. The Labute approximate surface area is 92.8 Å². The van der Waals surface area contributed by atoms with E-state index in [1.54, 1.807) is 6.07 Å². The van der Waals surface area contributed by atoms with Crippen LogP contribution in [0.2, 0.25) is 0 Å². The third-order valence-corrected chi connectivity index (χ3v) is 3.36. The fourth-order valence-electron chi connectivity index (χ4n) is 1.99. The maximum Gasteiger partial charge on any atom is 0.230 e. The van der Waals surface area contributed by atoms with Crippen molar-refractivity contribution in [1.82, 2.24) is 15.3 Å². The number of aromatic nitrogens is 3. The van der Waals surface area contributed by atoms with Gasteiger partial charge in [-0.2, -0.15) is 4.98 Å². The summed E-state index contributed by atoms with van der Waals surface area (Å²) in [4.78, 5) is 4.36. The molecule has 0 bridgehead atoms. The number of rotatable bonds is 3. The third kappa shape index (κ3) is 1.52. The normalized spacial score (nSPS) is 18.3. The first kappa shape index (κ1) is 9.57. The molecule has 0 aliphatic heterocycles. The minimum atomic E-state index is 0.349. The van der Waals surface area contributed by atoms with Gasteiger partial charge in [0.2, 0.25) is 11.7 Å². The van der Waals surface area contributed by atoms with E-state index in [0.29, 0.717) is 29.2 Å². The first-order valence-electron chi connectivity index (χ1n) is 5.59. The maximum atomic E-state index is 5.26. The highest BCUT2D eigenvalue weighted by Crippen LogP contribution is 2.38. The lowest BCUT2D eigenvalue weighted by molar-refractivity contribution is 0.230. The number of hydrogen-bond acceptors (Lipinski definition) is 5. The van der Waals surface area contributed by atoms with E-state index in [1.165, 1.54) is 25.5 Å². The van der Waals surface area contributed by atoms with Crippen molar-refractivity contribution in [2.75, 3.05) is 0 Å². The van der Waals surface area contributed by atoms with Gasteiger partial charge in [-0.1, -0.05) is 23.7 Å². The lowest BCUT2D eigenvalue weighted by Crippen LogP contribution is -2.18. The largest absolute Gasteiger partial charge is 0.364 e. The standard InChI is InChI=1S/C11H13N3O2/c1-7(8-3-2-4-8)11-12-10(14-16-11)9-5-6-15-13-9/h5-8H,2-4H2,1H3. The van der Waals surface area contributed by atoms with Gasteiger partial charge in [-0.15, -0.1) is 0 Å². The van der Waals surface area contributed by atoms with Crippen LogP contribution < -0.4 is 0 Å². The Balaban J connectivity index is 1.82. The van der Waals surface area contributed by atoms with Crippen LogP contribution in [-0.4, -0.2) is 15.3 Å². The molecule has 1 atom stereocenters. The predicted molar refractivity (Wildman–Crippen MR) is 55.6 cm³/mol. The van der Waals surface area contributed by atoms with Crippen molar-refractivity contribution in [3.63, 3.8) is 0 Å². The molecule has 2 heterocycles. The number of hydrogen-bond donors (Lipinski definition) is 0. The van der Waals surface area contributed by atoms with Gasteiger partial charge in [-0.3, -0.25) is 0 Å². The Kier molecular flexibility index (Phi) is 2.23. The summed E-state index contributed by atoms with van der Waals surface area (Å²) in [7, 11) is 0. The highest BCUT2D eigenvalue weighted by Gasteiger charge is 2.29. The van der Waals surface area contributed by atoms with E-state index in [4.69, 9.17) is 9.05 Å². The smallest absolute Gasteiger partial charge is 0.230 e. The monoisotopic (exact) mass is 219 g/mol. The van der Waals surface area contributed by atoms with E-state index >= 15 is 0 Å². The van der Waals surface area contributed by atoms with E-state index in [-0.39, 0.29) is 0 Å². The van der Waals surface area contributed by atoms with Crippen molar-refractivity contribution in [2.24, 2.45) is 5.92 Å². The molecule has 5 heteroatoms. The summed E-state index contributed by atoms with van der Waals surface area (Å²) in [5.41, 5.74) is 0.621. The summed E-state index contributed by atoms with van der Waals surface area (Å²) in [6, 6.07) is 1.72. The summed E-state index contributed by atoms with van der Waals surface area (Å²) in [5, 5.41) is 7.69. The van der Waals surface area contributed by atoms with E-state index in [0.717, 1.165) is 0 Å². The van der Waals surface area contributed by atoms with Gasteiger partial charge >= 0.3 is 0 Å². The lowest BCUT2D eigenvalue weighted by Gasteiger charge is -2.28. The zero-order valence-corrected chi connectivity index (χ0v) is 9.09. The second-order valence-electron chi connectivity index (χ2n) is 4.32. The SMILES string of the molecule is CC(c1nc(-c2ccon2)no1)C1CCC1. The van der Waals surface area contributed by atoms with Crippen molar-refractivity contribution >= 4 is 0 Å². The van der Waals surface area contributed by atoms with Gasteiger partial charge in [0.25, 0.3) is 0 Å². The molecule has 0 aromatic carbocycles. The topological polar surface area (TPSA) is 65.0 Å². The average molecular weight is 219 g/mol. The second kappa shape index (κ2) is 3.73. The van der Waals surface area contributed by atoms with Crippen LogP contribution in [0, 0.1) is 5.92 Å². The predicted octanol–water partition coefficient (Wildman–Crippen LogP) is 2.63. The van der Waals surface area contributed by atoms with Crippen LogP contribution in [-0.2, 0) is 0 Å². The van der Waals surface area contributed by atoms with Crippen LogP contribution in [0.1, 0.15) is 38.0 Å². The van der Waals surface area contributed by atoms with E-state index < -0.39 is 0 Å². The number of nitrogens with zero attached hydrogens (tertiary/aromatic N) is 3. The maximum absolute atomic E-state index is 5.26. The molecule has 1 aliphatic carbocycles. The highest BCUT2D eigenvalue weighted by molar-refractivity contribution is 5.45. The molecule has 1 unspecified atom stereocenters. The fourth-order valence-corrected chi connectivity index (χ4v) is 1.99. The second-order valence-corrected chi connectivity index (χ2v) is 4.32. The Morgan fingerprint density at radius 3 is 2.88 bits per heavy atom. The summed E-state index contributed by atoms with van der Waals surface area (Å²) in [6.45, 7) is 2.14. The quantitative estimate of drug-likeness (QED) is 0.793. The van der Waals surface area contributed by atoms with Gasteiger partial charge in [0.15, 0.2) is 5.69 Å². The molecular formula is C11H13N3O2. The van der Waals surface area contributed by atoms with Crippen LogP contribution in [0.3, 0.4) is 0 Å². The zero-order valence-electron chi connectivity index (χ0n) is 9.09. The molecule has 1 fully saturated rings. The van der Waals surface area contributed by atoms with Gasteiger partial charge in [0, 0.05) is 12.0 Å². The molecule has 0 N–H and O–H groups in total. The summed E-state index contributed by atoms with van der Waals surface area (Å²) >= 11 is 0. The van der Waals surface area contributed by atoms with Crippen LogP contribution in [0.4, 0.5) is 0 Å². The summed E-state index contributed by atoms with van der Waals surface area (Å²) in [6.07, 6.45) is 5.35. The Hall–Kier alpha value is -1.65. The van der Waals surface area contributed by atoms with Crippen molar-refractivity contribution in [1.29, 1.82) is 0 Å². The summed E-state index contributed by atoms with van der Waals surface area (Å²) < 4.78 is 10.0. The Morgan fingerprint density at radius 1 is 1.38 bits per heavy atom. The molecule has 84 valence electrons. The molecule has 5 nitrogen and oxygen atoms in total. The first-order valence-corrected chi connectivity index (χ1v) is 5.59. The zero-order chi connectivity index (χ0) is 11.0. The highest BCUT2D eigenvalue weighted by atomic mass is 16.5. The molecule has 2 aromatic heterocycles. The van der Waals surface area contributed by atoms with Crippen molar-refractivity contribution < 1.29 is 9.05 Å². The van der Waals surface area contributed by atoms with Crippen LogP contribution in [0.15, 0.2) is 21.4 Å². The molecule has 0 amide bonds. The molecule has 16 heavy (non-hydrogen) atoms. The van der Waals surface area contributed by atoms with Crippen LogP contribution >= 0.6 is 0 Å². The van der Waals surface area contributed by atoms with Gasteiger partial charge in [0.1, 0.15) is 6.26 Å². The van der Waals surface area contributed by atoms with E-state index in [1.807, 2.05) is 0 Å². The van der Waals surface area contributed by atoms with Gasteiger partial charge < -0.3 is 9.05 Å². The minimum absolute atomic E-state index is 0.349. The molecular weight excluding hydrogens is 206 g/mol. The lowest BCUT2D eigenvalue weighted by atomic mass is 9.77. The Bertz CT molecular complexity index is 459. The molecule has 0 saturated heterocycles. The third-order valence-electron chi connectivity index (χ3n) is 3.36. The molecule has 1 saturated carbocycles. The molecule has 0 spiro atoms. The van der Waals surface area contributed by atoms with Gasteiger partial charge in [0.05, 0.1) is 0 Å². The fraction of sp³-hybridized carbons (Fsp3) is 0.545. The van der Waals surface area contributed by atoms with Gasteiger partial charge in [-0.05, 0) is 18.8 Å². The van der Waals surface area contributed by atoms with Crippen LogP contribution in [0.5, 0.6) is 0 Å². The van der Waals surface area contributed by atoms with Crippen molar-refractivity contribution in [2.45, 2.75) is 32.1 Å². The molecule has 0 radical (unpaired) electrons. The molecule has 2 aromatic rings.